The summed E-state index contributed by atoms with van der Waals surface area (Å²) >= 11 is 6.08. The highest BCUT2D eigenvalue weighted by molar-refractivity contribution is 6.30. The van der Waals surface area contributed by atoms with Gasteiger partial charge in [-0.1, -0.05) is 18.0 Å². The molecule has 9 heteroatoms. The van der Waals surface area contributed by atoms with Gasteiger partial charge in [0.25, 0.3) is 5.91 Å². The second-order valence-corrected chi connectivity index (χ2v) is 9.19. The maximum absolute atomic E-state index is 13.2. The van der Waals surface area contributed by atoms with Crippen molar-refractivity contribution < 1.29 is 9.53 Å². The van der Waals surface area contributed by atoms with E-state index in [9.17, 15) is 4.79 Å². The molecule has 0 bridgehead atoms. The van der Waals surface area contributed by atoms with Crippen molar-refractivity contribution in [2.24, 2.45) is 0 Å². The highest BCUT2D eigenvalue weighted by atomic mass is 35.5. The Morgan fingerprint density at radius 2 is 1.84 bits per heavy atom. The number of carbonyl (C=O) groups is 1. The van der Waals surface area contributed by atoms with E-state index in [-0.39, 0.29) is 5.91 Å². The van der Waals surface area contributed by atoms with E-state index in [1.54, 1.807) is 6.07 Å². The molecule has 0 unspecified atom stereocenters. The number of fused-ring (bicyclic) bond motifs is 1. The largest absolute Gasteiger partial charge is 0.480 e. The molecule has 8 nitrogen and oxygen atoms in total. The van der Waals surface area contributed by atoms with Gasteiger partial charge in [-0.15, -0.1) is 0 Å². The second-order valence-electron chi connectivity index (χ2n) is 8.75. The van der Waals surface area contributed by atoms with E-state index in [0.29, 0.717) is 36.0 Å². The van der Waals surface area contributed by atoms with Crippen LogP contribution in [0.2, 0.25) is 5.02 Å². The Bertz CT molecular complexity index is 990. The third-order valence-electron chi connectivity index (χ3n) is 6.93. The van der Waals surface area contributed by atoms with Crippen LogP contribution in [0.4, 0.5) is 5.95 Å². The van der Waals surface area contributed by atoms with Crippen molar-refractivity contribution in [3.05, 3.63) is 40.3 Å². The molecule has 1 aliphatic carbocycles. The third-order valence-corrected chi connectivity index (χ3v) is 7.13. The van der Waals surface area contributed by atoms with Crippen molar-refractivity contribution in [1.82, 2.24) is 24.8 Å². The number of anilines is 1. The number of rotatable bonds is 4. The van der Waals surface area contributed by atoms with Crippen LogP contribution in [0.3, 0.4) is 0 Å². The number of carbonyl (C=O) groups excluding carboxylic acids is 1. The molecule has 0 radical (unpaired) electrons. The number of nitrogens with zero attached hydrogens (tertiary/aromatic N) is 6. The van der Waals surface area contributed by atoms with Crippen LogP contribution in [0.5, 0.6) is 5.88 Å². The summed E-state index contributed by atoms with van der Waals surface area (Å²) in [7, 11) is 1.51. The van der Waals surface area contributed by atoms with E-state index >= 15 is 0 Å². The normalized spacial score (nSPS) is 19.8. The molecule has 32 heavy (non-hydrogen) atoms. The van der Waals surface area contributed by atoms with Gasteiger partial charge < -0.3 is 14.5 Å². The van der Waals surface area contributed by atoms with Crippen molar-refractivity contribution in [2.45, 2.75) is 38.1 Å². The number of ether oxygens (including phenoxy) is 1. The van der Waals surface area contributed by atoms with Gasteiger partial charge in [-0.2, -0.15) is 0 Å². The number of pyridine rings is 1. The molecular weight excluding hydrogens is 428 g/mol. The first-order valence-corrected chi connectivity index (χ1v) is 11.8. The van der Waals surface area contributed by atoms with E-state index in [2.05, 4.69) is 19.8 Å². The van der Waals surface area contributed by atoms with E-state index in [1.165, 1.54) is 32.6 Å². The number of hydrogen-bond donors (Lipinski definition) is 0. The van der Waals surface area contributed by atoms with Gasteiger partial charge in [-0.3, -0.25) is 9.69 Å². The molecule has 0 spiro atoms. The zero-order chi connectivity index (χ0) is 22.1. The topological polar surface area (TPSA) is 74.7 Å². The highest BCUT2D eigenvalue weighted by Gasteiger charge is 2.29. The summed E-state index contributed by atoms with van der Waals surface area (Å²) in [6.45, 7) is 5.31. The lowest BCUT2D eigenvalue weighted by Crippen LogP contribution is -2.52. The lowest BCUT2D eigenvalue weighted by molar-refractivity contribution is 0.0758. The summed E-state index contributed by atoms with van der Waals surface area (Å²) in [4.78, 5) is 33.6. The average Bonchev–Trinajstić information content (AvgIpc) is 3.00. The Balaban J connectivity index is 1.26. The van der Waals surface area contributed by atoms with Crippen molar-refractivity contribution in [3.8, 4) is 5.88 Å². The lowest BCUT2D eigenvalue weighted by Gasteiger charge is -2.43. The predicted molar refractivity (Wildman–Crippen MR) is 123 cm³/mol. The molecule has 170 valence electrons. The zero-order valence-electron chi connectivity index (χ0n) is 18.5. The first-order chi connectivity index (χ1) is 15.6. The summed E-state index contributed by atoms with van der Waals surface area (Å²) < 4.78 is 5.27. The fourth-order valence-corrected chi connectivity index (χ4v) is 4.93. The molecular formula is C23H29ClN6O2. The van der Waals surface area contributed by atoms with Gasteiger partial charge >= 0.3 is 0 Å². The molecule has 2 aliphatic heterocycles. The molecule has 0 aromatic carbocycles. The number of hydrogen-bond acceptors (Lipinski definition) is 7. The van der Waals surface area contributed by atoms with Gasteiger partial charge in [0, 0.05) is 64.1 Å². The fraction of sp³-hybridized carbons (Fsp3) is 0.565. The molecule has 2 aromatic heterocycles. The molecule has 3 aliphatic rings. The molecule has 1 amide bonds. The van der Waals surface area contributed by atoms with Crippen LogP contribution in [-0.4, -0.2) is 83.1 Å². The molecule has 2 aromatic rings. The summed E-state index contributed by atoms with van der Waals surface area (Å²) in [5.41, 5.74) is 2.55. The standard InChI is InChI=1S/C23H29ClN6O2/c1-32-21-19(13-17(24)15-25-21)22(31)29-7-5-16-14-26-23(27-20(16)6-8-29)30-11-9-28(10-12-30)18-3-2-4-18/h13-15,18H,2-12H2,1H3. The fourth-order valence-electron chi connectivity index (χ4n) is 4.77. The minimum atomic E-state index is -0.120. The Morgan fingerprint density at radius 3 is 2.56 bits per heavy atom. The highest BCUT2D eigenvalue weighted by Crippen LogP contribution is 2.27. The second kappa shape index (κ2) is 9.19. The van der Waals surface area contributed by atoms with Crippen LogP contribution in [0, 0.1) is 0 Å². The minimum Gasteiger partial charge on any atom is -0.480 e. The Morgan fingerprint density at radius 1 is 1.06 bits per heavy atom. The Kier molecular flexibility index (Phi) is 6.15. The Hall–Kier alpha value is -2.45. The van der Waals surface area contributed by atoms with Gasteiger partial charge in [-0.05, 0) is 30.9 Å². The average molecular weight is 457 g/mol. The van der Waals surface area contributed by atoms with E-state index in [0.717, 1.165) is 55.8 Å². The van der Waals surface area contributed by atoms with Gasteiger partial charge in [0.05, 0.1) is 17.8 Å². The van der Waals surface area contributed by atoms with Crippen LogP contribution in [0.1, 0.15) is 40.9 Å². The number of piperazine rings is 1. The van der Waals surface area contributed by atoms with Crippen LogP contribution in [0.25, 0.3) is 0 Å². The van der Waals surface area contributed by atoms with Crippen molar-refractivity contribution in [2.75, 3.05) is 51.3 Å². The number of halogens is 1. The maximum Gasteiger partial charge on any atom is 0.259 e. The van der Waals surface area contributed by atoms with Crippen LogP contribution in [-0.2, 0) is 12.8 Å². The lowest BCUT2D eigenvalue weighted by atomic mass is 9.91. The van der Waals surface area contributed by atoms with Crippen molar-refractivity contribution >= 4 is 23.5 Å². The zero-order valence-corrected chi connectivity index (χ0v) is 19.2. The molecule has 2 fully saturated rings. The first kappa shape index (κ1) is 21.4. The molecule has 0 N–H and O–H groups in total. The molecule has 1 saturated carbocycles. The SMILES string of the molecule is COc1ncc(Cl)cc1C(=O)N1CCc2cnc(N3CCN(C4CCC4)CC3)nc2CC1. The van der Waals surface area contributed by atoms with Crippen LogP contribution >= 0.6 is 11.6 Å². The smallest absolute Gasteiger partial charge is 0.259 e. The van der Waals surface area contributed by atoms with Crippen LogP contribution in [0.15, 0.2) is 18.5 Å². The van der Waals surface area contributed by atoms with Gasteiger partial charge in [0.2, 0.25) is 11.8 Å². The molecule has 0 atom stereocenters. The molecule has 4 heterocycles. The van der Waals surface area contributed by atoms with Gasteiger partial charge in [-0.25, -0.2) is 15.0 Å². The number of aromatic nitrogens is 3. The minimum absolute atomic E-state index is 0.120. The van der Waals surface area contributed by atoms with Gasteiger partial charge in [0.15, 0.2) is 0 Å². The molecule has 5 rings (SSSR count). The predicted octanol–water partition coefficient (Wildman–Crippen LogP) is 2.45. The monoisotopic (exact) mass is 456 g/mol. The quantitative estimate of drug-likeness (QED) is 0.699. The Labute approximate surface area is 193 Å². The van der Waals surface area contributed by atoms with Crippen molar-refractivity contribution in [1.29, 1.82) is 0 Å². The number of methoxy groups -OCH3 is 1. The van der Waals surface area contributed by atoms with E-state index in [4.69, 9.17) is 21.3 Å². The summed E-state index contributed by atoms with van der Waals surface area (Å²) in [6.07, 6.45) is 8.94. The van der Waals surface area contributed by atoms with Gasteiger partial charge in [0.1, 0.15) is 5.56 Å². The summed E-state index contributed by atoms with van der Waals surface area (Å²) in [5, 5.41) is 0.417. The summed E-state index contributed by atoms with van der Waals surface area (Å²) in [5.74, 6) is 0.992. The molecule has 1 saturated heterocycles. The third kappa shape index (κ3) is 4.26. The van der Waals surface area contributed by atoms with E-state index < -0.39 is 0 Å². The number of amides is 1. The summed E-state index contributed by atoms with van der Waals surface area (Å²) in [6, 6.07) is 2.41. The first-order valence-electron chi connectivity index (χ1n) is 11.4. The maximum atomic E-state index is 13.2. The van der Waals surface area contributed by atoms with E-state index in [1.807, 2.05) is 11.1 Å². The van der Waals surface area contributed by atoms with Crippen LogP contribution < -0.4 is 9.64 Å². The van der Waals surface area contributed by atoms with Crippen molar-refractivity contribution in [3.63, 3.8) is 0 Å².